The number of nitrogens with one attached hydrogen (secondary N) is 1. The van der Waals surface area contributed by atoms with Crippen molar-refractivity contribution in [3.05, 3.63) is 41.5 Å². The van der Waals surface area contributed by atoms with Crippen LogP contribution in [0.2, 0.25) is 0 Å². The molecular formula is C17H23N5O2S. The van der Waals surface area contributed by atoms with Gasteiger partial charge in [-0.1, -0.05) is 12.1 Å². The predicted molar refractivity (Wildman–Crippen MR) is 98.5 cm³/mol. The summed E-state index contributed by atoms with van der Waals surface area (Å²) < 4.78 is 27.7. The van der Waals surface area contributed by atoms with Crippen molar-refractivity contribution in [2.24, 2.45) is 0 Å². The Labute approximate surface area is 148 Å². The molecule has 0 bridgehead atoms. The summed E-state index contributed by atoms with van der Waals surface area (Å²) in [6.45, 7) is 7.36. The molecule has 0 radical (unpaired) electrons. The van der Waals surface area contributed by atoms with E-state index < -0.39 is 10.0 Å². The summed E-state index contributed by atoms with van der Waals surface area (Å²) in [6, 6.07) is 8.80. The molecule has 0 amide bonds. The van der Waals surface area contributed by atoms with Gasteiger partial charge in [0.1, 0.15) is 0 Å². The first-order chi connectivity index (χ1) is 11.8. The highest BCUT2D eigenvalue weighted by Gasteiger charge is 2.19. The first kappa shape index (κ1) is 17.6. The number of hydrogen-bond donors (Lipinski definition) is 1. The molecule has 0 unspecified atom stereocenters. The summed E-state index contributed by atoms with van der Waals surface area (Å²) in [7, 11) is -1.59. The highest BCUT2D eigenvalue weighted by Crippen LogP contribution is 2.20. The van der Waals surface area contributed by atoms with E-state index in [2.05, 4.69) is 31.8 Å². The quantitative estimate of drug-likeness (QED) is 0.892. The van der Waals surface area contributed by atoms with Crippen LogP contribution in [0.3, 0.4) is 0 Å². The van der Waals surface area contributed by atoms with Gasteiger partial charge < -0.3 is 9.80 Å². The summed E-state index contributed by atoms with van der Waals surface area (Å²) in [6.07, 6.45) is 0. The second-order valence-corrected chi connectivity index (χ2v) is 8.09. The molecule has 0 aliphatic carbocycles. The lowest BCUT2D eigenvalue weighted by Gasteiger charge is -2.32. The molecule has 2 aromatic rings. The van der Waals surface area contributed by atoms with Crippen LogP contribution in [-0.4, -0.2) is 56.7 Å². The summed E-state index contributed by atoms with van der Waals surface area (Å²) in [5, 5.41) is 8.22. The minimum absolute atomic E-state index is 0.221. The molecule has 3 rings (SSSR count). The molecule has 7 nitrogen and oxygen atoms in total. The van der Waals surface area contributed by atoms with Gasteiger partial charge in [0, 0.05) is 26.2 Å². The largest absolute Gasteiger partial charge is 0.353 e. The average molecular weight is 361 g/mol. The molecule has 8 heteroatoms. The van der Waals surface area contributed by atoms with Crippen molar-refractivity contribution >= 4 is 21.7 Å². The monoisotopic (exact) mass is 361 g/mol. The van der Waals surface area contributed by atoms with Crippen LogP contribution in [0.25, 0.3) is 0 Å². The van der Waals surface area contributed by atoms with Crippen LogP contribution < -0.4 is 9.62 Å². The first-order valence-electron chi connectivity index (χ1n) is 8.22. The predicted octanol–water partition coefficient (Wildman–Crippen LogP) is 1.65. The van der Waals surface area contributed by atoms with E-state index in [1.54, 1.807) is 31.2 Å². The molecule has 0 atom stereocenters. The van der Waals surface area contributed by atoms with Crippen LogP contribution in [0.5, 0.6) is 0 Å². The smallest absolute Gasteiger partial charge is 0.263 e. The number of rotatable bonds is 4. The third-order valence-electron chi connectivity index (χ3n) is 4.35. The van der Waals surface area contributed by atoms with Crippen molar-refractivity contribution < 1.29 is 8.42 Å². The molecule has 0 saturated carbocycles. The number of aryl methyl sites for hydroxylation is 2. The number of aromatic nitrogens is 2. The van der Waals surface area contributed by atoms with Crippen LogP contribution in [0.1, 0.15) is 11.1 Å². The van der Waals surface area contributed by atoms with E-state index in [1.165, 1.54) is 0 Å². The van der Waals surface area contributed by atoms with Crippen molar-refractivity contribution in [1.29, 1.82) is 0 Å². The molecule has 0 spiro atoms. The maximum atomic E-state index is 12.6. The topological polar surface area (TPSA) is 78.4 Å². The van der Waals surface area contributed by atoms with Gasteiger partial charge in [0.2, 0.25) is 0 Å². The fourth-order valence-electron chi connectivity index (χ4n) is 2.77. The Morgan fingerprint density at radius 3 is 2.36 bits per heavy atom. The molecular weight excluding hydrogens is 338 g/mol. The molecule has 1 N–H and O–H groups in total. The van der Waals surface area contributed by atoms with Crippen LogP contribution in [0.15, 0.2) is 35.2 Å². The Balaban J connectivity index is 1.75. The number of anilines is 2. The van der Waals surface area contributed by atoms with Gasteiger partial charge in [-0.15, -0.1) is 10.2 Å². The Hall–Kier alpha value is -2.19. The number of nitrogens with zero attached hydrogens (tertiary/aromatic N) is 4. The highest BCUT2D eigenvalue weighted by atomic mass is 32.2. The van der Waals surface area contributed by atoms with Gasteiger partial charge in [-0.25, -0.2) is 8.42 Å². The van der Waals surface area contributed by atoms with Crippen molar-refractivity contribution in [1.82, 2.24) is 15.1 Å². The van der Waals surface area contributed by atoms with Crippen LogP contribution >= 0.6 is 0 Å². The van der Waals surface area contributed by atoms with Crippen LogP contribution in [0, 0.1) is 13.8 Å². The second kappa shape index (κ2) is 6.97. The maximum Gasteiger partial charge on any atom is 0.263 e. The number of hydrogen-bond acceptors (Lipinski definition) is 6. The van der Waals surface area contributed by atoms with E-state index in [0.29, 0.717) is 5.56 Å². The second-order valence-electron chi connectivity index (χ2n) is 6.44. The third kappa shape index (κ3) is 4.08. The van der Waals surface area contributed by atoms with Gasteiger partial charge in [-0.05, 0) is 50.2 Å². The fourth-order valence-corrected chi connectivity index (χ4v) is 4.10. The zero-order chi connectivity index (χ0) is 18.0. The van der Waals surface area contributed by atoms with Crippen molar-refractivity contribution in [3.63, 3.8) is 0 Å². The number of piperazine rings is 1. The van der Waals surface area contributed by atoms with E-state index in [0.717, 1.165) is 37.6 Å². The Morgan fingerprint density at radius 2 is 1.72 bits per heavy atom. The summed E-state index contributed by atoms with van der Waals surface area (Å²) in [5.74, 6) is 0.988. The standard InChI is InChI=1S/C17H23N5O2S/c1-13-4-5-14(2)15(12-13)25(23,24)20-16-6-7-17(19-18-16)22-10-8-21(3)9-11-22/h4-7,12H,8-11H2,1-3H3,(H,18,20). The van der Waals surface area contributed by atoms with Gasteiger partial charge in [0.15, 0.2) is 11.6 Å². The number of benzene rings is 1. The molecule has 1 aromatic heterocycles. The number of sulfonamides is 1. The van der Waals surface area contributed by atoms with E-state index in [-0.39, 0.29) is 10.7 Å². The summed E-state index contributed by atoms with van der Waals surface area (Å²) in [4.78, 5) is 4.67. The maximum absolute atomic E-state index is 12.6. The van der Waals surface area contributed by atoms with Crippen LogP contribution in [0.4, 0.5) is 11.6 Å². The van der Waals surface area contributed by atoms with Gasteiger partial charge in [0.25, 0.3) is 10.0 Å². The number of likely N-dealkylation sites (N-methyl/N-ethyl adjacent to an activating group) is 1. The van der Waals surface area contributed by atoms with Gasteiger partial charge in [-0.3, -0.25) is 4.72 Å². The van der Waals surface area contributed by atoms with Crippen molar-refractivity contribution in [3.8, 4) is 0 Å². The summed E-state index contributed by atoms with van der Waals surface area (Å²) in [5.41, 5.74) is 1.59. The van der Waals surface area contributed by atoms with Gasteiger partial charge in [0.05, 0.1) is 4.90 Å². The van der Waals surface area contributed by atoms with Crippen molar-refractivity contribution in [2.45, 2.75) is 18.7 Å². The van der Waals surface area contributed by atoms with E-state index in [9.17, 15) is 8.42 Å². The minimum atomic E-state index is -3.68. The highest BCUT2D eigenvalue weighted by molar-refractivity contribution is 7.92. The molecule has 25 heavy (non-hydrogen) atoms. The molecule has 1 aliphatic rings. The van der Waals surface area contributed by atoms with Gasteiger partial charge >= 0.3 is 0 Å². The lowest BCUT2D eigenvalue weighted by Crippen LogP contribution is -2.44. The van der Waals surface area contributed by atoms with E-state index in [4.69, 9.17) is 0 Å². The molecule has 1 aromatic carbocycles. The zero-order valence-corrected chi connectivity index (χ0v) is 15.5. The molecule has 1 aliphatic heterocycles. The third-order valence-corrected chi connectivity index (χ3v) is 5.85. The Bertz CT molecular complexity index is 844. The van der Waals surface area contributed by atoms with Crippen LogP contribution in [-0.2, 0) is 10.0 Å². The Kier molecular flexibility index (Phi) is 4.91. The van der Waals surface area contributed by atoms with E-state index in [1.807, 2.05) is 13.0 Å². The SMILES string of the molecule is Cc1ccc(C)c(S(=O)(=O)Nc2ccc(N3CCN(C)CC3)nn2)c1. The first-order valence-corrected chi connectivity index (χ1v) is 9.71. The summed E-state index contributed by atoms with van der Waals surface area (Å²) >= 11 is 0. The Morgan fingerprint density at radius 1 is 1.00 bits per heavy atom. The lowest BCUT2D eigenvalue weighted by atomic mass is 10.2. The molecule has 1 fully saturated rings. The van der Waals surface area contributed by atoms with Gasteiger partial charge in [-0.2, -0.15) is 0 Å². The zero-order valence-electron chi connectivity index (χ0n) is 14.7. The molecule has 134 valence electrons. The molecule has 2 heterocycles. The normalized spacial score (nSPS) is 16.0. The van der Waals surface area contributed by atoms with E-state index >= 15 is 0 Å². The lowest BCUT2D eigenvalue weighted by molar-refractivity contribution is 0.312. The minimum Gasteiger partial charge on any atom is -0.353 e. The molecule has 1 saturated heterocycles. The average Bonchev–Trinajstić information content (AvgIpc) is 2.58. The fraction of sp³-hybridized carbons (Fsp3) is 0.412. The van der Waals surface area contributed by atoms with Crippen molar-refractivity contribution in [2.75, 3.05) is 42.8 Å².